The van der Waals surface area contributed by atoms with Crippen molar-refractivity contribution in [2.24, 2.45) is 0 Å². The Morgan fingerprint density at radius 3 is 1.61 bits per heavy atom. The molecule has 0 saturated heterocycles. The Labute approximate surface area is 413 Å². The summed E-state index contributed by atoms with van der Waals surface area (Å²) >= 11 is 0. The van der Waals surface area contributed by atoms with Crippen molar-refractivity contribution in [2.45, 2.75) is 59.3 Å². The second kappa shape index (κ2) is 16.6. The van der Waals surface area contributed by atoms with Gasteiger partial charge in [0.1, 0.15) is 0 Å². The van der Waals surface area contributed by atoms with Gasteiger partial charge in [0, 0.05) is 62.2 Å². The number of nitrogens with zero attached hydrogens (tertiary/aromatic N) is 4. The highest BCUT2D eigenvalue weighted by Gasteiger charge is 2.46. The molecular formula is C65H57BN4. The minimum atomic E-state index is -0.110. The lowest BCUT2D eigenvalue weighted by atomic mass is 9.35. The molecule has 12 rings (SSSR count). The summed E-state index contributed by atoms with van der Waals surface area (Å²) in [5, 5.41) is 1.21. The van der Waals surface area contributed by atoms with E-state index in [4.69, 9.17) is 0 Å². The molecule has 70 heavy (non-hydrogen) atoms. The molecule has 9 aromatic carbocycles. The first kappa shape index (κ1) is 43.3. The summed E-state index contributed by atoms with van der Waals surface area (Å²) in [6.45, 7) is 15.7. The first-order valence-corrected chi connectivity index (χ1v) is 24.7. The molecule has 0 fully saturated rings. The SMILES string of the molecule is Cc1ccc(N(c2ccc(C(C)(C)C)cc2)c2ccc3c(c2)N(c2ccccc2)c2cccc4c2B3c2c(c3ccccc3n2-c2ccccc2)N4c2cccc(-c3ccc(C(C)(C)C)cc3)c2)cc1. The quantitative estimate of drug-likeness (QED) is 0.148. The van der Waals surface area contributed by atoms with Crippen molar-refractivity contribution in [3.05, 3.63) is 235 Å². The summed E-state index contributed by atoms with van der Waals surface area (Å²) in [7, 11) is 0. The van der Waals surface area contributed by atoms with Crippen molar-refractivity contribution in [1.82, 2.24) is 4.57 Å². The van der Waals surface area contributed by atoms with E-state index < -0.39 is 0 Å². The van der Waals surface area contributed by atoms with E-state index in [9.17, 15) is 0 Å². The number of aryl methyl sites for hydroxylation is 1. The topological polar surface area (TPSA) is 14.7 Å². The summed E-state index contributed by atoms with van der Waals surface area (Å²) in [5.74, 6) is 0. The van der Waals surface area contributed by atoms with Crippen molar-refractivity contribution in [3.8, 4) is 16.8 Å². The molecule has 0 aliphatic carbocycles. The van der Waals surface area contributed by atoms with Gasteiger partial charge in [0.25, 0.3) is 6.71 Å². The highest BCUT2D eigenvalue weighted by atomic mass is 15.2. The third-order valence-electron chi connectivity index (χ3n) is 14.5. The molecule has 0 unspecified atom stereocenters. The molecule has 0 radical (unpaired) electrons. The van der Waals surface area contributed by atoms with E-state index in [0.717, 1.165) is 39.8 Å². The number of aromatic nitrogens is 1. The number of para-hydroxylation sites is 3. The fourth-order valence-corrected chi connectivity index (χ4v) is 11.0. The molecular weight excluding hydrogens is 848 g/mol. The zero-order chi connectivity index (χ0) is 47.9. The van der Waals surface area contributed by atoms with E-state index in [1.54, 1.807) is 0 Å². The third kappa shape index (κ3) is 7.22. The van der Waals surface area contributed by atoms with Crippen LogP contribution in [-0.4, -0.2) is 11.3 Å². The van der Waals surface area contributed by atoms with Crippen molar-refractivity contribution in [1.29, 1.82) is 0 Å². The van der Waals surface area contributed by atoms with Crippen LogP contribution < -0.4 is 31.2 Å². The van der Waals surface area contributed by atoms with Crippen LogP contribution in [0.15, 0.2) is 218 Å². The molecule has 5 heteroatoms. The van der Waals surface area contributed by atoms with Crippen LogP contribution in [-0.2, 0) is 10.8 Å². The molecule has 0 spiro atoms. The van der Waals surface area contributed by atoms with Gasteiger partial charge in [-0.2, -0.15) is 0 Å². The van der Waals surface area contributed by atoms with Crippen LogP contribution in [0.2, 0.25) is 0 Å². The van der Waals surface area contributed by atoms with Crippen LogP contribution in [0.1, 0.15) is 58.2 Å². The fourth-order valence-electron chi connectivity index (χ4n) is 11.0. The average molecular weight is 905 g/mol. The van der Waals surface area contributed by atoms with Gasteiger partial charge < -0.3 is 19.3 Å². The summed E-state index contributed by atoms with van der Waals surface area (Å²) in [6, 6.07) is 81.4. The Kier molecular flexibility index (Phi) is 10.3. The molecule has 2 aliphatic rings. The lowest BCUT2D eigenvalue weighted by Gasteiger charge is -2.44. The Hall–Kier alpha value is -8.02. The number of rotatable bonds is 7. The van der Waals surface area contributed by atoms with Crippen LogP contribution in [0.5, 0.6) is 0 Å². The zero-order valence-corrected chi connectivity index (χ0v) is 41.2. The van der Waals surface area contributed by atoms with Crippen LogP contribution in [0, 0.1) is 6.92 Å². The molecule has 340 valence electrons. The Morgan fingerprint density at radius 1 is 0.414 bits per heavy atom. The summed E-state index contributed by atoms with van der Waals surface area (Å²) in [5.41, 5.74) is 22.8. The van der Waals surface area contributed by atoms with Gasteiger partial charge in [-0.3, -0.25) is 0 Å². The molecule has 0 atom stereocenters. The largest absolute Gasteiger partial charge is 0.319 e. The summed E-state index contributed by atoms with van der Waals surface area (Å²) in [4.78, 5) is 7.48. The second-order valence-electron chi connectivity index (χ2n) is 21.2. The number of anilines is 9. The molecule has 10 aromatic rings. The number of hydrogen-bond donors (Lipinski definition) is 0. The van der Waals surface area contributed by atoms with Gasteiger partial charge in [-0.25, -0.2) is 0 Å². The monoisotopic (exact) mass is 904 g/mol. The average Bonchev–Trinajstić information content (AvgIpc) is 3.72. The molecule has 0 bridgehead atoms. The summed E-state index contributed by atoms with van der Waals surface area (Å²) in [6.07, 6.45) is 0. The Bertz CT molecular complexity index is 3560. The Balaban J connectivity index is 1.13. The van der Waals surface area contributed by atoms with Crippen LogP contribution >= 0.6 is 0 Å². The third-order valence-corrected chi connectivity index (χ3v) is 14.5. The zero-order valence-electron chi connectivity index (χ0n) is 41.2. The Morgan fingerprint density at radius 2 is 0.957 bits per heavy atom. The van der Waals surface area contributed by atoms with Crippen molar-refractivity contribution in [2.75, 3.05) is 14.7 Å². The van der Waals surface area contributed by atoms with Crippen molar-refractivity contribution < 1.29 is 0 Å². The smallest absolute Gasteiger partial charge is 0.273 e. The van der Waals surface area contributed by atoms with E-state index in [0.29, 0.717) is 0 Å². The highest BCUT2D eigenvalue weighted by Crippen LogP contribution is 2.49. The van der Waals surface area contributed by atoms with E-state index in [-0.39, 0.29) is 17.5 Å². The molecule has 3 heterocycles. The minimum Gasteiger partial charge on any atom is -0.319 e. The fraction of sp³-hybridized carbons (Fsp3) is 0.138. The predicted octanol–water partition coefficient (Wildman–Crippen LogP) is 15.8. The summed E-state index contributed by atoms with van der Waals surface area (Å²) < 4.78 is 2.54. The molecule has 4 nitrogen and oxygen atoms in total. The molecule has 0 N–H and O–H groups in total. The number of benzene rings is 9. The van der Waals surface area contributed by atoms with E-state index in [2.05, 4.69) is 286 Å². The van der Waals surface area contributed by atoms with Gasteiger partial charge in [-0.05, 0) is 142 Å². The van der Waals surface area contributed by atoms with Gasteiger partial charge in [0.2, 0.25) is 0 Å². The normalized spacial score (nSPS) is 13.0. The van der Waals surface area contributed by atoms with Gasteiger partial charge in [0.15, 0.2) is 0 Å². The molecule has 1 aromatic heterocycles. The lowest BCUT2D eigenvalue weighted by Crippen LogP contribution is -2.62. The van der Waals surface area contributed by atoms with Crippen molar-refractivity contribution >= 4 is 85.3 Å². The van der Waals surface area contributed by atoms with E-state index >= 15 is 0 Å². The van der Waals surface area contributed by atoms with E-state index in [1.165, 1.54) is 72.3 Å². The predicted molar refractivity (Wildman–Crippen MR) is 300 cm³/mol. The van der Waals surface area contributed by atoms with Gasteiger partial charge in [-0.15, -0.1) is 0 Å². The number of hydrogen-bond acceptors (Lipinski definition) is 3. The molecule has 2 aliphatic heterocycles. The van der Waals surface area contributed by atoms with Gasteiger partial charge in [0.05, 0.1) is 11.2 Å². The van der Waals surface area contributed by atoms with E-state index in [1.807, 2.05) is 0 Å². The van der Waals surface area contributed by atoms with Gasteiger partial charge >= 0.3 is 0 Å². The molecule has 0 amide bonds. The maximum Gasteiger partial charge on any atom is 0.273 e. The second-order valence-corrected chi connectivity index (χ2v) is 21.2. The van der Waals surface area contributed by atoms with Crippen LogP contribution in [0.4, 0.5) is 51.2 Å². The van der Waals surface area contributed by atoms with Crippen molar-refractivity contribution in [3.63, 3.8) is 0 Å². The maximum atomic E-state index is 2.56. The first-order chi connectivity index (χ1) is 33.9. The number of fused-ring (bicyclic) bond motifs is 6. The first-order valence-electron chi connectivity index (χ1n) is 24.7. The minimum absolute atomic E-state index is 0.0410. The highest BCUT2D eigenvalue weighted by molar-refractivity contribution is 7.00. The van der Waals surface area contributed by atoms with Crippen LogP contribution in [0.3, 0.4) is 0 Å². The maximum absolute atomic E-state index is 2.56. The van der Waals surface area contributed by atoms with Gasteiger partial charge in [-0.1, -0.05) is 174 Å². The lowest BCUT2D eigenvalue weighted by molar-refractivity contribution is 0.590. The standard InChI is InChI=1S/C65H57BN4/c1-44-28-36-51(37-29-44)67(52-38-34-48(35-39-52)65(5,6)7)54-40-41-56-60(43-54)68(49-19-10-8-11-20-49)58-26-17-27-59-61(58)66(56)63-62(55-24-14-15-25-57(55)70(63)50-21-12-9-13-22-50)69(59)53-23-16-18-46(42-53)45-30-32-47(33-31-45)64(2,3)4/h8-43H,1-7H3. The van der Waals surface area contributed by atoms with Crippen LogP contribution in [0.25, 0.3) is 27.7 Å². The molecule has 0 saturated carbocycles.